The van der Waals surface area contributed by atoms with E-state index in [1.807, 2.05) is 93.6 Å². The Balaban J connectivity index is 1.86. The Kier molecular flexibility index (Phi) is 10.3. The van der Waals surface area contributed by atoms with Crippen LogP contribution in [0.4, 0.5) is 0 Å². The Morgan fingerprint density at radius 1 is 0.861 bits per heavy atom. The predicted octanol–water partition coefficient (Wildman–Crippen LogP) is 6.78. The van der Waals surface area contributed by atoms with Crippen LogP contribution in [0.2, 0.25) is 10.0 Å². The summed E-state index contributed by atoms with van der Waals surface area (Å²) in [7, 11) is 0. The highest BCUT2D eigenvalue weighted by Crippen LogP contribution is 2.21. The van der Waals surface area contributed by atoms with Crippen molar-refractivity contribution in [1.82, 2.24) is 10.2 Å². The van der Waals surface area contributed by atoms with Gasteiger partial charge < -0.3 is 10.2 Å². The molecule has 0 aliphatic heterocycles. The number of nitrogens with zero attached hydrogens (tertiary/aromatic N) is 1. The van der Waals surface area contributed by atoms with Crippen LogP contribution in [-0.4, -0.2) is 34.0 Å². The molecule has 4 nitrogen and oxygen atoms in total. The summed E-state index contributed by atoms with van der Waals surface area (Å²) in [6.07, 6.45) is 0.414. The largest absolute Gasteiger partial charge is 0.350 e. The summed E-state index contributed by atoms with van der Waals surface area (Å²) < 4.78 is 0. The third kappa shape index (κ3) is 9.20. The van der Waals surface area contributed by atoms with Crippen LogP contribution >= 0.6 is 35.0 Å². The molecule has 0 radical (unpaired) electrons. The molecule has 0 aliphatic rings. The van der Waals surface area contributed by atoms with E-state index in [1.165, 1.54) is 11.8 Å². The maximum Gasteiger partial charge on any atom is 0.243 e. The first-order valence-corrected chi connectivity index (χ1v) is 13.7. The fourth-order valence-electron chi connectivity index (χ4n) is 3.76. The van der Waals surface area contributed by atoms with Gasteiger partial charge in [0.05, 0.1) is 5.75 Å². The van der Waals surface area contributed by atoms with E-state index in [1.54, 1.807) is 11.0 Å². The molecule has 1 atom stereocenters. The number of halogens is 2. The molecule has 3 rings (SSSR count). The van der Waals surface area contributed by atoms with Crippen molar-refractivity contribution in [2.24, 2.45) is 0 Å². The number of rotatable bonds is 10. The maximum atomic E-state index is 13.6. The summed E-state index contributed by atoms with van der Waals surface area (Å²) in [5, 5.41) is 4.36. The van der Waals surface area contributed by atoms with E-state index >= 15 is 0 Å². The Labute approximate surface area is 228 Å². The van der Waals surface area contributed by atoms with Gasteiger partial charge in [-0.3, -0.25) is 9.59 Å². The van der Waals surface area contributed by atoms with Gasteiger partial charge in [-0.25, -0.2) is 0 Å². The molecule has 0 fully saturated rings. The highest BCUT2D eigenvalue weighted by Gasteiger charge is 2.32. The second kappa shape index (κ2) is 13.2. The molecular formula is C29H32Cl2N2O2S. The molecule has 0 bridgehead atoms. The number of carbonyl (C=O) groups is 2. The Bertz CT molecular complexity index is 1150. The number of hydrogen-bond donors (Lipinski definition) is 1. The average Bonchev–Trinajstić information content (AvgIpc) is 2.82. The number of amides is 2. The lowest BCUT2D eigenvalue weighted by molar-refractivity contribution is -0.140. The second-order valence-electron chi connectivity index (χ2n) is 9.72. The van der Waals surface area contributed by atoms with Crippen molar-refractivity contribution < 1.29 is 9.59 Å². The molecule has 0 aliphatic carbocycles. The van der Waals surface area contributed by atoms with E-state index in [0.29, 0.717) is 22.2 Å². The summed E-state index contributed by atoms with van der Waals surface area (Å²) in [5.74, 6) is 0.645. The van der Waals surface area contributed by atoms with Gasteiger partial charge in [0.15, 0.2) is 0 Å². The quantitative estimate of drug-likeness (QED) is 0.307. The van der Waals surface area contributed by atoms with E-state index in [2.05, 4.69) is 5.32 Å². The van der Waals surface area contributed by atoms with E-state index in [4.69, 9.17) is 23.2 Å². The summed E-state index contributed by atoms with van der Waals surface area (Å²) in [6, 6.07) is 24.1. The zero-order valence-electron chi connectivity index (χ0n) is 20.8. The average molecular weight is 544 g/mol. The lowest BCUT2D eigenvalue weighted by Gasteiger charge is -2.34. The molecule has 0 unspecified atom stereocenters. The van der Waals surface area contributed by atoms with Gasteiger partial charge in [-0.05, 0) is 61.7 Å². The molecule has 0 saturated heterocycles. The number of hydrogen-bond acceptors (Lipinski definition) is 3. The Morgan fingerprint density at radius 3 is 2.17 bits per heavy atom. The van der Waals surface area contributed by atoms with Crippen LogP contribution in [0.5, 0.6) is 0 Å². The molecule has 3 aromatic carbocycles. The normalized spacial score (nSPS) is 12.1. The van der Waals surface area contributed by atoms with Crippen LogP contribution in [0.1, 0.15) is 37.5 Å². The third-order valence-electron chi connectivity index (χ3n) is 5.42. The van der Waals surface area contributed by atoms with E-state index < -0.39 is 11.6 Å². The first kappa shape index (κ1) is 28.1. The van der Waals surface area contributed by atoms with Crippen molar-refractivity contribution in [2.45, 2.75) is 51.1 Å². The number of nitrogens with one attached hydrogen (secondary N) is 1. The summed E-state index contributed by atoms with van der Waals surface area (Å²) >= 11 is 13.7. The van der Waals surface area contributed by atoms with Crippen molar-refractivity contribution in [1.29, 1.82) is 0 Å². The highest BCUT2D eigenvalue weighted by atomic mass is 35.5. The molecule has 190 valence electrons. The van der Waals surface area contributed by atoms with Crippen molar-refractivity contribution in [2.75, 3.05) is 5.75 Å². The smallest absolute Gasteiger partial charge is 0.243 e. The van der Waals surface area contributed by atoms with E-state index in [9.17, 15) is 9.59 Å². The summed E-state index contributed by atoms with van der Waals surface area (Å²) in [4.78, 5) is 28.9. The molecule has 0 aromatic heterocycles. The molecule has 0 heterocycles. The summed E-state index contributed by atoms with van der Waals surface area (Å²) in [6.45, 7) is 6.11. The van der Waals surface area contributed by atoms with Gasteiger partial charge in [-0.1, -0.05) is 77.8 Å². The van der Waals surface area contributed by atoms with Crippen LogP contribution in [0.25, 0.3) is 0 Å². The van der Waals surface area contributed by atoms with Crippen molar-refractivity contribution in [3.8, 4) is 0 Å². The minimum atomic E-state index is -0.672. The fraction of sp³-hybridized carbons (Fsp3) is 0.310. The highest BCUT2D eigenvalue weighted by molar-refractivity contribution is 7.99. The fourth-order valence-corrected chi connectivity index (χ4v) is 4.97. The van der Waals surface area contributed by atoms with E-state index in [-0.39, 0.29) is 24.1 Å². The second-order valence-corrected chi connectivity index (χ2v) is 11.6. The maximum absolute atomic E-state index is 13.6. The molecule has 36 heavy (non-hydrogen) atoms. The van der Waals surface area contributed by atoms with Crippen LogP contribution in [-0.2, 0) is 28.3 Å². The molecule has 7 heteroatoms. The van der Waals surface area contributed by atoms with E-state index in [0.717, 1.165) is 16.7 Å². The minimum Gasteiger partial charge on any atom is -0.350 e. The van der Waals surface area contributed by atoms with Gasteiger partial charge in [0, 0.05) is 34.3 Å². The molecular weight excluding hydrogens is 511 g/mol. The molecule has 0 spiro atoms. The predicted molar refractivity (Wildman–Crippen MR) is 151 cm³/mol. The van der Waals surface area contributed by atoms with Gasteiger partial charge in [0.2, 0.25) is 11.8 Å². The zero-order chi connectivity index (χ0) is 26.1. The van der Waals surface area contributed by atoms with Gasteiger partial charge >= 0.3 is 0 Å². The monoisotopic (exact) mass is 542 g/mol. The van der Waals surface area contributed by atoms with Crippen LogP contribution in [0.15, 0.2) is 78.9 Å². The lowest BCUT2D eigenvalue weighted by atomic mass is 10.0. The van der Waals surface area contributed by atoms with Gasteiger partial charge in [-0.15, -0.1) is 11.8 Å². The molecule has 3 aromatic rings. The summed E-state index contributed by atoms with van der Waals surface area (Å²) in [5.41, 5.74) is 2.52. The van der Waals surface area contributed by atoms with Gasteiger partial charge in [0.25, 0.3) is 0 Å². The minimum absolute atomic E-state index is 0.0982. The molecule has 0 saturated carbocycles. The van der Waals surface area contributed by atoms with Crippen LogP contribution in [0, 0.1) is 0 Å². The first-order valence-electron chi connectivity index (χ1n) is 11.8. The van der Waals surface area contributed by atoms with Crippen LogP contribution < -0.4 is 5.32 Å². The first-order chi connectivity index (χ1) is 17.1. The van der Waals surface area contributed by atoms with Crippen molar-refractivity contribution in [3.63, 3.8) is 0 Å². The standard InChI is InChI=1S/C29H32Cl2N2O2S/c1-29(2,3)32-28(35)26(17-21-8-5-4-6-9-21)33(18-23-10-7-11-25(31)16-23)27(34)20-36-19-22-12-14-24(30)15-13-22/h4-16,26H,17-20H2,1-3H3,(H,32,35)/t26-/m0/s1. The number of carbonyl (C=O) groups excluding carboxylic acids is 2. The molecule has 2 amide bonds. The lowest BCUT2D eigenvalue weighted by Crippen LogP contribution is -2.54. The SMILES string of the molecule is CC(C)(C)NC(=O)[C@H](Cc1ccccc1)N(Cc1cccc(Cl)c1)C(=O)CSCc1ccc(Cl)cc1. The van der Waals surface area contributed by atoms with Gasteiger partial charge in [-0.2, -0.15) is 0 Å². The zero-order valence-corrected chi connectivity index (χ0v) is 23.2. The Morgan fingerprint density at radius 2 is 1.53 bits per heavy atom. The van der Waals surface area contributed by atoms with Crippen LogP contribution in [0.3, 0.4) is 0 Å². The molecule has 1 N–H and O–H groups in total. The third-order valence-corrected chi connectivity index (χ3v) is 6.89. The number of thioether (sulfide) groups is 1. The Hall–Kier alpha value is -2.47. The topological polar surface area (TPSA) is 49.4 Å². The van der Waals surface area contributed by atoms with Crippen molar-refractivity contribution in [3.05, 3.63) is 106 Å². The number of benzene rings is 3. The van der Waals surface area contributed by atoms with Crippen molar-refractivity contribution >= 4 is 46.8 Å². The van der Waals surface area contributed by atoms with Gasteiger partial charge in [0.1, 0.15) is 6.04 Å².